The number of hydrogen-bond acceptors (Lipinski definition) is 6. The van der Waals surface area contributed by atoms with E-state index in [9.17, 15) is 18.3 Å². The predicted molar refractivity (Wildman–Crippen MR) is 130 cm³/mol. The van der Waals surface area contributed by atoms with Crippen LogP contribution in [0.2, 0.25) is 0 Å². The summed E-state index contributed by atoms with van der Waals surface area (Å²) in [5, 5.41) is 9.78. The average molecular weight is 491 g/mol. The standard InChI is InChI=1S/C25H34N2O6S/c1-6-25(29)26(4)15-23-17(2)14-27(18(3)16-28)34(30,31)24-12-11-19(13-22(24)33-23)20-9-7-8-10-21(20)32-5/h7-13,17-18,23,28H,6,14-16H2,1-5H3/t17-,18+,23+/m0/s1. The molecule has 0 aromatic heterocycles. The van der Waals surface area contributed by atoms with Crippen molar-refractivity contribution < 1.29 is 27.8 Å². The van der Waals surface area contributed by atoms with E-state index < -0.39 is 22.2 Å². The molecule has 0 saturated heterocycles. The van der Waals surface area contributed by atoms with E-state index in [1.54, 1.807) is 45.0 Å². The van der Waals surface area contributed by atoms with Gasteiger partial charge in [-0.1, -0.05) is 38.1 Å². The number of methoxy groups -OCH3 is 1. The molecule has 1 aliphatic rings. The van der Waals surface area contributed by atoms with Crippen molar-refractivity contribution in [3.05, 3.63) is 42.5 Å². The Morgan fingerprint density at radius 1 is 1.29 bits per heavy atom. The van der Waals surface area contributed by atoms with Gasteiger partial charge in [-0.05, 0) is 30.7 Å². The fraction of sp³-hybridized carbons (Fsp3) is 0.480. The minimum absolute atomic E-state index is 0.0194. The first kappa shape index (κ1) is 26.0. The van der Waals surface area contributed by atoms with Crippen molar-refractivity contribution in [1.29, 1.82) is 0 Å². The number of carbonyl (C=O) groups excluding carboxylic acids is 1. The molecule has 0 radical (unpaired) electrons. The molecular weight excluding hydrogens is 456 g/mol. The Morgan fingerprint density at radius 2 is 2.00 bits per heavy atom. The number of aliphatic hydroxyl groups excluding tert-OH is 1. The van der Waals surface area contributed by atoms with Crippen LogP contribution < -0.4 is 9.47 Å². The van der Waals surface area contributed by atoms with Crippen molar-refractivity contribution in [2.45, 2.75) is 44.2 Å². The number of aliphatic hydroxyl groups is 1. The van der Waals surface area contributed by atoms with Gasteiger partial charge in [-0.25, -0.2) is 8.42 Å². The summed E-state index contributed by atoms with van der Waals surface area (Å²) in [6, 6.07) is 11.8. The minimum Gasteiger partial charge on any atom is -0.496 e. The number of ether oxygens (including phenoxy) is 2. The van der Waals surface area contributed by atoms with Crippen molar-refractivity contribution >= 4 is 15.9 Å². The molecule has 0 spiro atoms. The molecule has 0 aliphatic carbocycles. The van der Waals surface area contributed by atoms with Gasteiger partial charge in [0, 0.05) is 37.5 Å². The van der Waals surface area contributed by atoms with E-state index >= 15 is 0 Å². The van der Waals surface area contributed by atoms with Gasteiger partial charge in [-0.2, -0.15) is 4.31 Å². The van der Waals surface area contributed by atoms with E-state index in [2.05, 4.69) is 0 Å². The predicted octanol–water partition coefficient (Wildman–Crippen LogP) is 3.00. The molecule has 1 aliphatic heterocycles. The van der Waals surface area contributed by atoms with Gasteiger partial charge in [0.05, 0.1) is 20.3 Å². The molecule has 0 bridgehead atoms. The number of benzene rings is 2. The molecule has 3 rings (SSSR count). The van der Waals surface area contributed by atoms with Gasteiger partial charge in [0.15, 0.2) is 0 Å². The number of likely N-dealkylation sites (N-methyl/N-ethyl adjacent to an activating group) is 1. The molecule has 186 valence electrons. The molecule has 2 aromatic carbocycles. The van der Waals surface area contributed by atoms with E-state index in [-0.39, 0.29) is 35.6 Å². The highest BCUT2D eigenvalue weighted by Gasteiger charge is 2.38. The lowest BCUT2D eigenvalue weighted by atomic mass is 10.0. The van der Waals surface area contributed by atoms with Crippen LogP contribution in [0.25, 0.3) is 11.1 Å². The summed E-state index contributed by atoms with van der Waals surface area (Å²) in [5.74, 6) is 0.616. The quantitative estimate of drug-likeness (QED) is 0.641. The Hall–Kier alpha value is -2.62. The van der Waals surface area contributed by atoms with Crippen LogP contribution in [-0.4, -0.2) is 74.6 Å². The lowest BCUT2D eigenvalue weighted by molar-refractivity contribution is -0.131. The fourth-order valence-corrected chi connectivity index (χ4v) is 5.96. The van der Waals surface area contributed by atoms with Crippen molar-refractivity contribution in [2.75, 3.05) is 33.9 Å². The van der Waals surface area contributed by atoms with Gasteiger partial charge in [0.2, 0.25) is 15.9 Å². The molecule has 1 heterocycles. The molecule has 8 nitrogen and oxygen atoms in total. The van der Waals surface area contributed by atoms with Gasteiger partial charge in [0.1, 0.15) is 22.5 Å². The monoisotopic (exact) mass is 490 g/mol. The first-order valence-electron chi connectivity index (χ1n) is 11.4. The number of hydrogen-bond donors (Lipinski definition) is 1. The Morgan fingerprint density at radius 3 is 2.65 bits per heavy atom. The van der Waals surface area contributed by atoms with Crippen LogP contribution in [0.5, 0.6) is 11.5 Å². The van der Waals surface area contributed by atoms with Crippen molar-refractivity contribution in [1.82, 2.24) is 9.21 Å². The molecule has 0 unspecified atom stereocenters. The third-order valence-electron chi connectivity index (χ3n) is 6.27. The smallest absolute Gasteiger partial charge is 0.247 e. The number of carbonyl (C=O) groups is 1. The molecular formula is C25H34N2O6S. The Labute approximate surface area is 202 Å². The second-order valence-electron chi connectivity index (χ2n) is 8.73. The second-order valence-corrected chi connectivity index (χ2v) is 10.6. The molecule has 1 amide bonds. The van der Waals surface area contributed by atoms with Crippen LogP contribution >= 0.6 is 0 Å². The van der Waals surface area contributed by atoms with E-state index in [0.29, 0.717) is 18.7 Å². The van der Waals surface area contributed by atoms with E-state index in [4.69, 9.17) is 9.47 Å². The van der Waals surface area contributed by atoms with Crippen molar-refractivity contribution in [3.8, 4) is 22.6 Å². The molecule has 0 saturated carbocycles. The third kappa shape index (κ3) is 5.21. The first-order valence-corrected chi connectivity index (χ1v) is 12.9. The normalized spacial score (nSPS) is 20.9. The summed E-state index contributed by atoms with van der Waals surface area (Å²) >= 11 is 0. The summed E-state index contributed by atoms with van der Waals surface area (Å²) < 4.78 is 40.4. The largest absolute Gasteiger partial charge is 0.496 e. The zero-order valence-corrected chi connectivity index (χ0v) is 21.2. The lowest BCUT2D eigenvalue weighted by Gasteiger charge is -2.37. The van der Waals surface area contributed by atoms with Gasteiger partial charge in [-0.3, -0.25) is 4.79 Å². The van der Waals surface area contributed by atoms with Gasteiger partial charge in [-0.15, -0.1) is 0 Å². The summed E-state index contributed by atoms with van der Waals surface area (Å²) in [6.07, 6.45) is -0.0789. The Balaban J connectivity index is 2.15. The number of para-hydroxylation sites is 1. The average Bonchev–Trinajstić information content (AvgIpc) is 2.84. The highest BCUT2D eigenvalue weighted by Crippen LogP contribution is 2.38. The molecule has 9 heteroatoms. The summed E-state index contributed by atoms with van der Waals surface area (Å²) in [5.41, 5.74) is 1.55. The fourth-order valence-electron chi connectivity index (χ4n) is 4.14. The van der Waals surface area contributed by atoms with Crippen LogP contribution in [0.1, 0.15) is 27.2 Å². The maximum atomic E-state index is 13.6. The van der Waals surface area contributed by atoms with Gasteiger partial charge in [0.25, 0.3) is 0 Å². The Bertz CT molecular complexity index is 1120. The van der Waals surface area contributed by atoms with E-state index in [0.717, 1.165) is 11.1 Å². The van der Waals surface area contributed by atoms with Crippen molar-refractivity contribution in [3.63, 3.8) is 0 Å². The number of sulfonamides is 1. The van der Waals surface area contributed by atoms with Crippen LogP contribution in [0, 0.1) is 5.92 Å². The van der Waals surface area contributed by atoms with Crippen LogP contribution in [0.3, 0.4) is 0 Å². The van der Waals surface area contributed by atoms with Gasteiger partial charge >= 0.3 is 0 Å². The van der Waals surface area contributed by atoms with E-state index in [1.807, 2.05) is 31.2 Å². The summed E-state index contributed by atoms with van der Waals surface area (Å²) in [7, 11) is -0.635. The maximum Gasteiger partial charge on any atom is 0.247 e. The number of rotatable bonds is 7. The molecule has 1 N–H and O–H groups in total. The van der Waals surface area contributed by atoms with E-state index in [1.165, 1.54) is 10.4 Å². The second kappa shape index (κ2) is 10.8. The lowest BCUT2D eigenvalue weighted by Crippen LogP contribution is -2.50. The molecule has 0 fully saturated rings. The summed E-state index contributed by atoms with van der Waals surface area (Å²) in [4.78, 5) is 13.9. The SMILES string of the molecule is CCC(=O)N(C)C[C@H]1Oc2cc(-c3ccccc3OC)ccc2S(=O)(=O)N([C@H](C)CO)C[C@@H]1C. The zero-order valence-electron chi connectivity index (χ0n) is 20.4. The summed E-state index contributed by atoms with van der Waals surface area (Å²) in [6.45, 7) is 5.55. The molecule has 3 atom stereocenters. The number of fused-ring (bicyclic) bond motifs is 1. The molecule has 2 aromatic rings. The van der Waals surface area contributed by atoms with Crippen molar-refractivity contribution in [2.24, 2.45) is 5.92 Å². The van der Waals surface area contributed by atoms with Gasteiger partial charge < -0.3 is 19.5 Å². The maximum absolute atomic E-state index is 13.6. The first-order chi connectivity index (χ1) is 16.1. The minimum atomic E-state index is -3.94. The highest BCUT2D eigenvalue weighted by atomic mass is 32.2. The Kier molecular flexibility index (Phi) is 8.22. The third-order valence-corrected chi connectivity index (χ3v) is 8.29. The number of amides is 1. The highest BCUT2D eigenvalue weighted by molar-refractivity contribution is 7.89. The van der Waals surface area contributed by atoms with Crippen LogP contribution in [0.15, 0.2) is 47.4 Å². The molecule has 34 heavy (non-hydrogen) atoms. The number of nitrogens with zero attached hydrogens (tertiary/aromatic N) is 2. The van der Waals surface area contributed by atoms with Crippen LogP contribution in [-0.2, 0) is 14.8 Å². The zero-order chi connectivity index (χ0) is 25.0. The topological polar surface area (TPSA) is 96.4 Å². The van der Waals surface area contributed by atoms with Crippen LogP contribution in [0.4, 0.5) is 0 Å².